The molecule has 1 aliphatic rings. The van der Waals surface area contributed by atoms with Crippen LogP contribution in [0.15, 0.2) is 78.6 Å². The fourth-order valence-electron chi connectivity index (χ4n) is 3.42. The summed E-state index contributed by atoms with van der Waals surface area (Å²) in [6, 6.07) is 14.9. The van der Waals surface area contributed by atoms with Crippen molar-refractivity contribution in [1.82, 2.24) is 4.98 Å². The molecule has 0 spiro atoms. The van der Waals surface area contributed by atoms with Crippen LogP contribution in [0.2, 0.25) is 0 Å². The predicted molar refractivity (Wildman–Crippen MR) is 107 cm³/mol. The average Bonchev–Trinajstić information content (AvgIpc) is 3.00. The number of aliphatic hydroxyl groups is 1. The van der Waals surface area contributed by atoms with E-state index in [9.17, 15) is 19.1 Å². The summed E-state index contributed by atoms with van der Waals surface area (Å²) in [4.78, 5) is 31.1. The number of pyridine rings is 1. The van der Waals surface area contributed by atoms with E-state index in [1.807, 2.05) is 6.92 Å². The van der Waals surface area contributed by atoms with Gasteiger partial charge in [-0.25, -0.2) is 4.39 Å². The van der Waals surface area contributed by atoms with E-state index >= 15 is 0 Å². The Morgan fingerprint density at radius 2 is 1.72 bits per heavy atom. The lowest BCUT2D eigenvalue weighted by molar-refractivity contribution is -0.132. The highest BCUT2D eigenvalue weighted by atomic mass is 19.1. The molecule has 2 heterocycles. The first-order valence-electron chi connectivity index (χ1n) is 9.01. The molecule has 29 heavy (non-hydrogen) atoms. The van der Waals surface area contributed by atoms with Gasteiger partial charge in [0.15, 0.2) is 0 Å². The van der Waals surface area contributed by atoms with Crippen molar-refractivity contribution in [2.45, 2.75) is 13.0 Å². The third-order valence-corrected chi connectivity index (χ3v) is 4.88. The molecule has 0 aliphatic carbocycles. The average molecular weight is 388 g/mol. The minimum absolute atomic E-state index is 0.0469. The van der Waals surface area contributed by atoms with Gasteiger partial charge in [0, 0.05) is 11.8 Å². The molecule has 1 fully saturated rings. The lowest BCUT2D eigenvalue weighted by Crippen LogP contribution is -2.29. The molecule has 1 amide bonds. The minimum Gasteiger partial charge on any atom is -0.507 e. The predicted octanol–water partition coefficient (Wildman–Crippen LogP) is 4.16. The molecule has 3 aromatic rings. The lowest BCUT2D eigenvalue weighted by Gasteiger charge is -2.25. The van der Waals surface area contributed by atoms with Crippen molar-refractivity contribution in [3.8, 4) is 0 Å². The number of Topliss-reactive ketones (excluding diaryl/α,β-unsaturated/α-hetero) is 1. The largest absolute Gasteiger partial charge is 0.507 e. The Bertz CT molecular complexity index is 1110. The quantitative estimate of drug-likeness (QED) is 0.416. The second-order valence-corrected chi connectivity index (χ2v) is 6.80. The third-order valence-electron chi connectivity index (χ3n) is 4.88. The number of carbonyl (C=O) groups excluding carboxylic acids is 2. The van der Waals surface area contributed by atoms with Crippen LogP contribution in [0.25, 0.3) is 5.76 Å². The van der Waals surface area contributed by atoms with Crippen LogP contribution in [-0.4, -0.2) is 21.8 Å². The van der Waals surface area contributed by atoms with Gasteiger partial charge in [0.2, 0.25) is 0 Å². The summed E-state index contributed by atoms with van der Waals surface area (Å²) in [6.45, 7) is 1.91. The summed E-state index contributed by atoms with van der Waals surface area (Å²) in [5.74, 6) is -2.29. The number of aromatic nitrogens is 1. The van der Waals surface area contributed by atoms with E-state index in [1.54, 1.807) is 42.6 Å². The SMILES string of the molecule is Cc1ccc(/C(O)=C2/C(=O)C(=O)N(c3cccnc3)C2c2ccc(F)cc2)cc1. The number of carbonyl (C=O) groups is 2. The maximum Gasteiger partial charge on any atom is 0.300 e. The van der Waals surface area contributed by atoms with Crippen molar-refractivity contribution in [2.24, 2.45) is 0 Å². The number of aliphatic hydroxyl groups excluding tert-OH is 1. The van der Waals surface area contributed by atoms with Gasteiger partial charge < -0.3 is 5.11 Å². The van der Waals surface area contributed by atoms with E-state index < -0.39 is 23.5 Å². The van der Waals surface area contributed by atoms with Crippen molar-refractivity contribution in [1.29, 1.82) is 0 Å². The first-order valence-corrected chi connectivity index (χ1v) is 9.01. The maximum atomic E-state index is 13.5. The lowest BCUT2D eigenvalue weighted by atomic mass is 9.95. The Balaban J connectivity index is 1.94. The topological polar surface area (TPSA) is 70.5 Å². The van der Waals surface area contributed by atoms with Gasteiger partial charge in [-0.3, -0.25) is 19.5 Å². The van der Waals surface area contributed by atoms with Crippen LogP contribution in [0.1, 0.15) is 22.7 Å². The van der Waals surface area contributed by atoms with E-state index in [0.717, 1.165) is 5.56 Å². The molecule has 6 heteroatoms. The Hall–Kier alpha value is -3.80. The van der Waals surface area contributed by atoms with Gasteiger partial charge >= 0.3 is 0 Å². The molecule has 1 saturated heterocycles. The van der Waals surface area contributed by atoms with Gasteiger partial charge in [-0.1, -0.05) is 42.0 Å². The number of ketones is 1. The molecular weight excluding hydrogens is 371 g/mol. The van der Waals surface area contributed by atoms with Crippen molar-refractivity contribution in [3.63, 3.8) is 0 Å². The molecule has 1 aromatic heterocycles. The zero-order valence-electron chi connectivity index (χ0n) is 15.5. The summed E-state index contributed by atoms with van der Waals surface area (Å²) in [5.41, 5.74) is 2.28. The number of hydrogen-bond donors (Lipinski definition) is 1. The van der Waals surface area contributed by atoms with Crippen LogP contribution in [0, 0.1) is 12.7 Å². The molecule has 1 N–H and O–H groups in total. The van der Waals surface area contributed by atoms with Crippen molar-refractivity contribution >= 4 is 23.1 Å². The summed E-state index contributed by atoms with van der Waals surface area (Å²) in [5, 5.41) is 10.9. The zero-order valence-corrected chi connectivity index (χ0v) is 15.5. The molecule has 0 saturated carbocycles. The highest BCUT2D eigenvalue weighted by Gasteiger charge is 2.47. The number of hydrogen-bond acceptors (Lipinski definition) is 4. The van der Waals surface area contributed by atoms with Crippen LogP contribution in [0.5, 0.6) is 0 Å². The number of anilines is 1. The Morgan fingerprint density at radius 3 is 2.34 bits per heavy atom. The molecule has 0 radical (unpaired) electrons. The number of aryl methyl sites for hydroxylation is 1. The highest BCUT2D eigenvalue weighted by molar-refractivity contribution is 6.51. The molecular formula is C23H17FN2O3. The van der Waals surface area contributed by atoms with Gasteiger partial charge in [-0.2, -0.15) is 0 Å². The number of amides is 1. The second kappa shape index (κ2) is 7.31. The molecule has 1 atom stereocenters. The molecule has 1 aliphatic heterocycles. The van der Waals surface area contributed by atoms with Crippen molar-refractivity contribution in [2.75, 3.05) is 4.90 Å². The number of benzene rings is 2. The highest BCUT2D eigenvalue weighted by Crippen LogP contribution is 2.41. The normalized spacial score (nSPS) is 18.3. The van der Waals surface area contributed by atoms with Crippen LogP contribution >= 0.6 is 0 Å². The fourth-order valence-corrected chi connectivity index (χ4v) is 3.42. The van der Waals surface area contributed by atoms with Crippen LogP contribution < -0.4 is 4.90 Å². The van der Waals surface area contributed by atoms with E-state index in [0.29, 0.717) is 16.8 Å². The molecule has 1 unspecified atom stereocenters. The zero-order chi connectivity index (χ0) is 20.5. The van der Waals surface area contributed by atoms with Gasteiger partial charge in [0.1, 0.15) is 11.6 Å². The first-order chi connectivity index (χ1) is 14.0. The van der Waals surface area contributed by atoms with Gasteiger partial charge in [-0.05, 0) is 36.8 Å². The summed E-state index contributed by atoms with van der Waals surface area (Å²) < 4.78 is 13.5. The number of rotatable bonds is 3. The van der Waals surface area contributed by atoms with E-state index in [1.165, 1.54) is 35.4 Å². The van der Waals surface area contributed by atoms with Crippen LogP contribution in [0.4, 0.5) is 10.1 Å². The molecule has 144 valence electrons. The standard InChI is InChI=1S/C23H17FN2O3/c1-14-4-6-16(7-5-14)21(27)19-20(15-8-10-17(24)11-9-15)26(23(29)22(19)28)18-3-2-12-25-13-18/h2-13,20,27H,1H3/b21-19-. The van der Waals surface area contributed by atoms with Crippen molar-refractivity contribution in [3.05, 3.63) is 101 Å². The molecule has 2 aromatic carbocycles. The number of halogens is 1. The maximum absolute atomic E-state index is 13.5. The van der Waals surface area contributed by atoms with Crippen LogP contribution in [-0.2, 0) is 9.59 Å². The Kier molecular flexibility index (Phi) is 4.68. The first kappa shape index (κ1) is 18.6. The monoisotopic (exact) mass is 388 g/mol. The summed E-state index contributed by atoms with van der Waals surface area (Å²) in [7, 11) is 0. The van der Waals surface area contributed by atoms with Crippen LogP contribution in [0.3, 0.4) is 0 Å². The van der Waals surface area contributed by atoms with Crippen molar-refractivity contribution < 1.29 is 19.1 Å². The second-order valence-electron chi connectivity index (χ2n) is 6.80. The van der Waals surface area contributed by atoms with E-state index in [2.05, 4.69) is 4.98 Å². The molecule has 0 bridgehead atoms. The van der Waals surface area contributed by atoms with E-state index in [-0.39, 0.29) is 11.3 Å². The Labute approximate surface area is 166 Å². The van der Waals surface area contributed by atoms with E-state index in [4.69, 9.17) is 0 Å². The number of nitrogens with zero attached hydrogens (tertiary/aromatic N) is 2. The summed E-state index contributed by atoms with van der Waals surface area (Å²) >= 11 is 0. The molecule has 5 nitrogen and oxygen atoms in total. The fraction of sp³-hybridized carbons (Fsp3) is 0.0870. The minimum atomic E-state index is -0.902. The summed E-state index contributed by atoms with van der Waals surface area (Å²) in [6.07, 6.45) is 3.02. The molecule has 4 rings (SSSR count). The third kappa shape index (κ3) is 3.29. The van der Waals surface area contributed by atoms with Gasteiger partial charge in [0.05, 0.1) is 23.5 Å². The smallest absolute Gasteiger partial charge is 0.300 e. The Morgan fingerprint density at radius 1 is 1.03 bits per heavy atom. The van der Waals surface area contributed by atoms with Gasteiger partial charge in [-0.15, -0.1) is 0 Å². The van der Waals surface area contributed by atoms with Gasteiger partial charge in [0.25, 0.3) is 11.7 Å².